The van der Waals surface area contributed by atoms with E-state index < -0.39 is 24.5 Å². The first-order chi connectivity index (χ1) is 7.56. The number of hydrogen-bond donors (Lipinski definition) is 4. The molecule has 17 heavy (non-hydrogen) atoms. The lowest BCUT2D eigenvalue weighted by molar-refractivity contribution is -0.140. The van der Waals surface area contributed by atoms with E-state index in [2.05, 4.69) is 13.2 Å². The van der Waals surface area contributed by atoms with Crippen LogP contribution in [0.5, 0.6) is 0 Å². The summed E-state index contributed by atoms with van der Waals surface area (Å²) in [6.07, 6.45) is 0. The summed E-state index contributed by atoms with van der Waals surface area (Å²) in [5.74, 6) is -3.06. The van der Waals surface area contributed by atoms with Gasteiger partial charge in [-0.05, 0) is 13.8 Å². The van der Waals surface area contributed by atoms with Crippen molar-refractivity contribution >= 4 is 17.9 Å². The molecule has 0 radical (unpaired) electrons. The fourth-order valence-corrected chi connectivity index (χ4v) is 0. The van der Waals surface area contributed by atoms with Gasteiger partial charge in [0.05, 0.1) is 0 Å². The summed E-state index contributed by atoms with van der Waals surface area (Å²) >= 11 is 0. The Morgan fingerprint density at radius 3 is 1.00 bits per heavy atom. The van der Waals surface area contributed by atoms with Gasteiger partial charge in [-0.2, -0.15) is 0 Å². The highest BCUT2D eigenvalue weighted by atomic mass is 16.4. The summed E-state index contributed by atoms with van der Waals surface area (Å²) in [4.78, 5) is 28.3. The molecule has 0 saturated carbocycles. The average molecular weight is 248 g/mol. The van der Waals surface area contributed by atoms with E-state index >= 15 is 0 Å². The van der Waals surface area contributed by atoms with Crippen LogP contribution in [0.1, 0.15) is 13.8 Å². The molecule has 0 amide bonds. The largest absolute Gasteiger partial charge is 0.480 e. The molecule has 0 aromatic heterocycles. The third kappa shape index (κ3) is 31.6. The maximum Gasteiger partial charge on any atom is 0.330 e. The lowest BCUT2D eigenvalue weighted by atomic mass is 10.4. The van der Waals surface area contributed by atoms with E-state index in [0.717, 1.165) is 0 Å². The molecule has 0 heterocycles. The van der Waals surface area contributed by atoms with Crippen LogP contribution in [-0.2, 0) is 14.4 Å². The van der Waals surface area contributed by atoms with Gasteiger partial charge in [-0.25, -0.2) is 14.4 Å². The molecule has 0 rings (SSSR count). The quantitative estimate of drug-likeness (QED) is 0.530. The van der Waals surface area contributed by atoms with Crippen molar-refractivity contribution in [2.24, 2.45) is 0 Å². The van der Waals surface area contributed by atoms with Gasteiger partial charge in [-0.15, -0.1) is 0 Å². The molecule has 0 fully saturated rings. The smallest absolute Gasteiger partial charge is 0.330 e. The van der Waals surface area contributed by atoms with E-state index in [9.17, 15) is 9.59 Å². The zero-order valence-electron chi connectivity index (χ0n) is 9.63. The van der Waals surface area contributed by atoms with Gasteiger partial charge >= 0.3 is 17.9 Å². The second-order valence-corrected chi connectivity index (χ2v) is 2.72. The maximum atomic E-state index is 9.60. The molecular weight excluding hydrogens is 232 g/mol. The van der Waals surface area contributed by atoms with Crippen molar-refractivity contribution in [1.29, 1.82) is 0 Å². The highest BCUT2D eigenvalue weighted by Gasteiger charge is 1.90. The minimum absolute atomic E-state index is 0.176. The van der Waals surface area contributed by atoms with Crippen LogP contribution in [0, 0.1) is 0 Å². The van der Waals surface area contributed by atoms with Gasteiger partial charge in [0.15, 0.2) is 0 Å². The van der Waals surface area contributed by atoms with E-state index in [-0.39, 0.29) is 11.1 Å². The molecular formula is C10H16O7. The second kappa shape index (κ2) is 11.9. The molecule has 0 aliphatic heterocycles. The van der Waals surface area contributed by atoms with E-state index in [0.29, 0.717) is 0 Å². The predicted octanol–water partition coefficient (Wildman–Crippen LogP) is 0.357. The third-order valence-electron chi connectivity index (χ3n) is 0.865. The van der Waals surface area contributed by atoms with Gasteiger partial charge < -0.3 is 20.4 Å². The molecule has 7 heteroatoms. The van der Waals surface area contributed by atoms with Crippen LogP contribution in [-0.4, -0.2) is 44.9 Å². The number of rotatable bonds is 3. The van der Waals surface area contributed by atoms with Crippen molar-refractivity contribution in [2.45, 2.75) is 13.8 Å². The Kier molecular flexibility index (Phi) is 14.2. The van der Waals surface area contributed by atoms with Crippen molar-refractivity contribution in [3.8, 4) is 0 Å². The molecule has 4 N–H and O–H groups in total. The average Bonchev–Trinajstić information content (AvgIpc) is 2.19. The van der Waals surface area contributed by atoms with Crippen LogP contribution in [0.25, 0.3) is 0 Å². The Morgan fingerprint density at radius 1 is 0.882 bits per heavy atom. The standard InChI is InChI=1S/2C4H6O2.C2H4O3/c2*1-3(2)4(5)6;3-1-2(4)5/h2*1H2,2H3,(H,5,6);3H,1H2,(H,4,5). The summed E-state index contributed by atoms with van der Waals surface area (Å²) in [5.41, 5.74) is 0.352. The molecule has 0 aromatic rings. The van der Waals surface area contributed by atoms with Crippen molar-refractivity contribution in [3.63, 3.8) is 0 Å². The highest BCUT2D eigenvalue weighted by molar-refractivity contribution is 5.85. The number of carboxylic acid groups (broad SMARTS) is 3. The lowest BCUT2D eigenvalue weighted by Crippen LogP contribution is -1.98. The van der Waals surface area contributed by atoms with Crippen LogP contribution < -0.4 is 0 Å². The Labute approximate surface area is 98.3 Å². The fourth-order valence-electron chi connectivity index (χ4n) is 0. The predicted molar refractivity (Wildman–Crippen MR) is 59.6 cm³/mol. The molecule has 0 spiro atoms. The van der Waals surface area contributed by atoms with Crippen molar-refractivity contribution < 1.29 is 34.8 Å². The summed E-state index contributed by atoms with van der Waals surface area (Å²) in [7, 11) is 0. The zero-order chi connectivity index (χ0) is 14.6. The molecule has 0 atom stereocenters. The molecule has 0 bridgehead atoms. The van der Waals surface area contributed by atoms with Crippen LogP contribution >= 0.6 is 0 Å². The van der Waals surface area contributed by atoms with Gasteiger partial charge in [0.1, 0.15) is 6.61 Å². The molecule has 0 saturated heterocycles. The van der Waals surface area contributed by atoms with Crippen LogP contribution in [0.2, 0.25) is 0 Å². The molecule has 98 valence electrons. The Bertz CT molecular complexity index is 256. The normalized spacial score (nSPS) is 7.47. The Morgan fingerprint density at radius 2 is 1.00 bits per heavy atom. The Balaban J connectivity index is -0.000000174. The van der Waals surface area contributed by atoms with Gasteiger partial charge in [0.25, 0.3) is 0 Å². The van der Waals surface area contributed by atoms with Gasteiger partial charge in [-0.3, -0.25) is 0 Å². The third-order valence-corrected chi connectivity index (χ3v) is 0.865. The van der Waals surface area contributed by atoms with Gasteiger partial charge in [0.2, 0.25) is 0 Å². The van der Waals surface area contributed by atoms with E-state index in [1.54, 1.807) is 0 Å². The van der Waals surface area contributed by atoms with Crippen LogP contribution in [0.3, 0.4) is 0 Å². The van der Waals surface area contributed by atoms with Gasteiger partial charge in [-0.1, -0.05) is 13.2 Å². The minimum Gasteiger partial charge on any atom is -0.480 e. The number of hydrogen-bond acceptors (Lipinski definition) is 4. The maximum absolute atomic E-state index is 9.60. The van der Waals surface area contributed by atoms with Crippen LogP contribution in [0.4, 0.5) is 0 Å². The number of aliphatic hydroxyl groups is 1. The van der Waals surface area contributed by atoms with Crippen molar-refractivity contribution in [1.82, 2.24) is 0 Å². The number of carboxylic acids is 3. The van der Waals surface area contributed by atoms with Crippen molar-refractivity contribution in [2.75, 3.05) is 6.61 Å². The Hall–Kier alpha value is -2.15. The zero-order valence-corrected chi connectivity index (χ0v) is 9.63. The van der Waals surface area contributed by atoms with Crippen molar-refractivity contribution in [3.05, 3.63) is 24.3 Å². The molecule has 0 unspecified atom stereocenters. The topological polar surface area (TPSA) is 132 Å². The SMILES string of the molecule is C=C(C)C(=O)O.C=C(C)C(=O)O.O=C(O)CO. The number of carbonyl (C=O) groups is 3. The first-order valence-corrected chi connectivity index (χ1v) is 4.16. The number of aliphatic carboxylic acids is 3. The first-order valence-electron chi connectivity index (χ1n) is 4.16. The van der Waals surface area contributed by atoms with E-state index in [1.165, 1.54) is 13.8 Å². The molecule has 7 nitrogen and oxygen atoms in total. The minimum atomic E-state index is -1.19. The first kappa shape index (κ1) is 20.3. The lowest BCUT2D eigenvalue weighted by Gasteiger charge is -1.79. The summed E-state index contributed by atoms with van der Waals surface area (Å²) in [5, 5.41) is 30.8. The highest BCUT2D eigenvalue weighted by Crippen LogP contribution is 1.81. The fraction of sp³-hybridized carbons (Fsp3) is 0.300. The van der Waals surface area contributed by atoms with E-state index in [4.69, 9.17) is 25.2 Å². The summed E-state index contributed by atoms with van der Waals surface area (Å²) in [6, 6.07) is 0. The monoisotopic (exact) mass is 248 g/mol. The molecule has 0 aromatic carbocycles. The number of aliphatic hydroxyl groups excluding tert-OH is 1. The van der Waals surface area contributed by atoms with E-state index in [1.807, 2.05) is 0 Å². The summed E-state index contributed by atoms with van der Waals surface area (Å²) < 4.78 is 0. The summed E-state index contributed by atoms with van der Waals surface area (Å²) in [6.45, 7) is 8.43. The molecule has 0 aliphatic carbocycles. The molecule has 0 aliphatic rings. The second-order valence-electron chi connectivity index (χ2n) is 2.72. The van der Waals surface area contributed by atoms with Crippen LogP contribution in [0.15, 0.2) is 24.3 Å². The van der Waals surface area contributed by atoms with Gasteiger partial charge in [0, 0.05) is 11.1 Å².